The van der Waals surface area contributed by atoms with Crippen molar-refractivity contribution >= 4 is 16.1 Å². The van der Waals surface area contributed by atoms with Crippen LogP contribution in [-0.4, -0.2) is 61.4 Å². The SMILES string of the molecule is CCC(CC)[C@H](O)CNC(=O)NC1CCN(S(=O)(=O)CC)CC1. The van der Waals surface area contributed by atoms with Gasteiger partial charge in [-0.3, -0.25) is 0 Å². The van der Waals surface area contributed by atoms with Gasteiger partial charge in [-0.15, -0.1) is 0 Å². The molecule has 0 aromatic rings. The molecule has 1 saturated heterocycles. The summed E-state index contributed by atoms with van der Waals surface area (Å²) in [6.07, 6.45) is 2.45. The first-order valence-electron chi connectivity index (χ1n) is 8.54. The second-order valence-corrected chi connectivity index (χ2v) is 8.33. The molecular weight excluding hydrogens is 318 g/mol. The Morgan fingerprint density at radius 2 is 1.78 bits per heavy atom. The van der Waals surface area contributed by atoms with Crippen molar-refractivity contribution in [1.82, 2.24) is 14.9 Å². The van der Waals surface area contributed by atoms with Gasteiger partial charge in [-0.05, 0) is 25.7 Å². The van der Waals surface area contributed by atoms with Crippen LogP contribution in [-0.2, 0) is 10.0 Å². The summed E-state index contributed by atoms with van der Waals surface area (Å²) in [5, 5.41) is 15.6. The fourth-order valence-corrected chi connectivity index (χ4v) is 4.03. The summed E-state index contributed by atoms with van der Waals surface area (Å²) in [5.41, 5.74) is 0. The zero-order chi connectivity index (χ0) is 17.5. The molecule has 3 N–H and O–H groups in total. The van der Waals surface area contributed by atoms with Crippen molar-refractivity contribution in [3.05, 3.63) is 0 Å². The molecule has 8 heteroatoms. The molecule has 0 bridgehead atoms. The third kappa shape index (κ3) is 6.27. The molecule has 0 radical (unpaired) electrons. The van der Waals surface area contributed by atoms with E-state index in [0.717, 1.165) is 12.8 Å². The molecule has 136 valence electrons. The Labute approximate surface area is 139 Å². The van der Waals surface area contributed by atoms with E-state index in [1.807, 2.05) is 13.8 Å². The van der Waals surface area contributed by atoms with Crippen LogP contribution >= 0.6 is 0 Å². The molecule has 2 amide bonds. The quantitative estimate of drug-likeness (QED) is 0.606. The number of aliphatic hydroxyl groups is 1. The molecule has 1 atom stereocenters. The number of urea groups is 1. The second kappa shape index (κ2) is 9.44. The largest absolute Gasteiger partial charge is 0.391 e. The van der Waals surface area contributed by atoms with Crippen LogP contribution < -0.4 is 10.6 Å². The first-order chi connectivity index (χ1) is 10.8. The van der Waals surface area contributed by atoms with Gasteiger partial charge in [0, 0.05) is 25.7 Å². The summed E-state index contributed by atoms with van der Waals surface area (Å²) in [6, 6.07) is -0.324. The molecule has 7 nitrogen and oxygen atoms in total. The standard InChI is InChI=1S/C15H31N3O4S/c1-4-12(5-2)14(19)11-16-15(20)17-13-7-9-18(10-8-13)23(21,22)6-3/h12-14,19H,4-11H2,1-3H3,(H2,16,17,20)/t14-/m1/s1. The molecule has 0 aliphatic carbocycles. The average molecular weight is 349 g/mol. The molecule has 0 aromatic carbocycles. The molecule has 1 rings (SSSR count). The number of hydrogen-bond acceptors (Lipinski definition) is 4. The van der Waals surface area contributed by atoms with E-state index >= 15 is 0 Å². The van der Waals surface area contributed by atoms with Crippen molar-refractivity contribution in [2.75, 3.05) is 25.4 Å². The van der Waals surface area contributed by atoms with Gasteiger partial charge in [0.2, 0.25) is 10.0 Å². The zero-order valence-electron chi connectivity index (χ0n) is 14.4. The number of nitrogens with zero attached hydrogens (tertiary/aromatic N) is 1. The van der Waals surface area contributed by atoms with Crippen LogP contribution in [0, 0.1) is 5.92 Å². The lowest BCUT2D eigenvalue weighted by atomic mass is 9.97. The number of sulfonamides is 1. The maximum absolute atomic E-state index is 11.9. The summed E-state index contributed by atoms with van der Waals surface area (Å²) in [7, 11) is -3.14. The molecule has 0 spiro atoms. The van der Waals surface area contributed by atoms with Gasteiger partial charge in [0.25, 0.3) is 0 Å². The smallest absolute Gasteiger partial charge is 0.315 e. The van der Waals surface area contributed by atoms with Crippen molar-refractivity contribution in [2.24, 2.45) is 5.92 Å². The van der Waals surface area contributed by atoms with Crippen LogP contribution in [0.5, 0.6) is 0 Å². The summed E-state index contributed by atoms with van der Waals surface area (Å²) >= 11 is 0. The predicted molar refractivity (Wildman–Crippen MR) is 90.7 cm³/mol. The molecule has 1 aliphatic rings. The summed E-state index contributed by atoms with van der Waals surface area (Å²) in [6.45, 7) is 6.81. The monoisotopic (exact) mass is 349 g/mol. The van der Waals surface area contributed by atoms with Crippen LogP contribution in [0.2, 0.25) is 0 Å². The van der Waals surface area contributed by atoms with Crippen molar-refractivity contribution in [2.45, 2.75) is 58.6 Å². The Balaban J connectivity index is 2.32. The van der Waals surface area contributed by atoms with Gasteiger partial charge in [0.15, 0.2) is 0 Å². The van der Waals surface area contributed by atoms with Gasteiger partial charge in [-0.2, -0.15) is 0 Å². The molecule has 1 fully saturated rings. The van der Waals surface area contributed by atoms with Crippen molar-refractivity contribution in [1.29, 1.82) is 0 Å². The Hall–Kier alpha value is -0.860. The fourth-order valence-electron chi connectivity index (χ4n) is 2.89. The summed E-state index contributed by atoms with van der Waals surface area (Å²) < 4.78 is 25.0. The van der Waals surface area contributed by atoms with Gasteiger partial charge in [0.1, 0.15) is 0 Å². The van der Waals surface area contributed by atoms with Crippen molar-refractivity contribution in [3.8, 4) is 0 Å². The minimum absolute atomic E-state index is 0.0244. The highest BCUT2D eigenvalue weighted by atomic mass is 32.2. The Bertz CT molecular complexity index is 457. The molecule has 1 aliphatic heterocycles. The lowest BCUT2D eigenvalue weighted by Crippen LogP contribution is -2.50. The van der Waals surface area contributed by atoms with Crippen molar-refractivity contribution < 1.29 is 18.3 Å². The number of amides is 2. The third-order valence-corrected chi connectivity index (χ3v) is 6.49. The van der Waals surface area contributed by atoms with E-state index in [-0.39, 0.29) is 30.3 Å². The number of aliphatic hydroxyl groups excluding tert-OH is 1. The molecule has 0 aromatic heterocycles. The summed E-state index contributed by atoms with van der Waals surface area (Å²) in [5.74, 6) is 0.303. The number of rotatable bonds is 8. The average Bonchev–Trinajstić information content (AvgIpc) is 2.54. The highest BCUT2D eigenvalue weighted by Crippen LogP contribution is 2.15. The lowest BCUT2D eigenvalue weighted by molar-refractivity contribution is 0.103. The number of hydrogen-bond donors (Lipinski definition) is 3. The minimum atomic E-state index is -3.14. The van der Waals surface area contributed by atoms with E-state index in [1.165, 1.54) is 4.31 Å². The Morgan fingerprint density at radius 1 is 1.22 bits per heavy atom. The van der Waals surface area contributed by atoms with E-state index in [1.54, 1.807) is 6.92 Å². The summed E-state index contributed by atoms with van der Waals surface area (Å²) in [4.78, 5) is 11.9. The molecule has 0 saturated carbocycles. The number of nitrogens with one attached hydrogen (secondary N) is 2. The first kappa shape index (κ1) is 20.2. The van der Waals surface area contributed by atoms with Crippen LogP contribution in [0.25, 0.3) is 0 Å². The maximum Gasteiger partial charge on any atom is 0.315 e. The van der Waals surface area contributed by atoms with E-state index in [2.05, 4.69) is 10.6 Å². The third-order valence-electron chi connectivity index (χ3n) is 4.61. The Kier molecular flexibility index (Phi) is 8.28. The molecule has 1 heterocycles. The van der Waals surface area contributed by atoms with Crippen LogP contribution in [0.1, 0.15) is 46.5 Å². The highest BCUT2D eigenvalue weighted by molar-refractivity contribution is 7.89. The van der Waals surface area contributed by atoms with Crippen LogP contribution in [0.4, 0.5) is 4.79 Å². The van der Waals surface area contributed by atoms with Crippen molar-refractivity contribution in [3.63, 3.8) is 0 Å². The van der Waals surface area contributed by atoms with Gasteiger partial charge >= 0.3 is 6.03 Å². The van der Waals surface area contributed by atoms with Gasteiger partial charge in [-0.1, -0.05) is 26.7 Å². The lowest BCUT2D eigenvalue weighted by Gasteiger charge is -2.31. The molecule has 23 heavy (non-hydrogen) atoms. The predicted octanol–water partition coefficient (Wildman–Crippen LogP) is 0.897. The molecular formula is C15H31N3O4S. The van der Waals surface area contributed by atoms with Crippen LogP contribution in [0.15, 0.2) is 0 Å². The zero-order valence-corrected chi connectivity index (χ0v) is 15.2. The van der Waals surface area contributed by atoms with E-state index in [4.69, 9.17) is 0 Å². The maximum atomic E-state index is 11.9. The number of carbonyl (C=O) groups excluding carboxylic acids is 1. The number of piperidine rings is 1. The van der Waals surface area contributed by atoms with Gasteiger partial charge in [-0.25, -0.2) is 17.5 Å². The minimum Gasteiger partial charge on any atom is -0.391 e. The first-order valence-corrected chi connectivity index (χ1v) is 10.1. The van der Waals surface area contributed by atoms with Crippen LogP contribution in [0.3, 0.4) is 0 Å². The van der Waals surface area contributed by atoms with Gasteiger partial charge in [0.05, 0.1) is 11.9 Å². The van der Waals surface area contributed by atoms with Gasteiger partial charge < -0.3 is 15.7 Å². The highest BCUT2D eigenvalue weighted by Gasteiger charge is 2.27. The Morgan fingerprint density at radius 3 is 2.26 bits per heavy atom. The second-order valence-electron chi connectivity index (χ2n) is 6.07. The normalized spacial score (nSPS) is 18.8. The number of carbonyl (C=O) groups is 1. The van der Waals surface area contributed by atoms with E-state index in [0.29, 0.717) is 25.9 Å². The molecule has 0 unspecified atom stereocenters. The fraction of sp³-hybridized carbons (Fsp3) is 0.933. The van der Waals surface area contributed by atoms with E-state index in [9.17, 15) is 18.3 Å². The van der Waals surface area contributed by atoms with E-state index < -0.39 is 16.1 Å². The topological polar surface area (TPSA) is 98.7 Å².